The van der Waals surface area contributed by atoms with Crippen LogP contribution < -0.4 is 9.47 Å². The predicted molar refractivity (Wildman–Crippen MR) is 160 cm³/mol. The average molecular weight is 615 g/mol. The lowest BCUT2D eigenvalue weighted by molar-refractivity contribution is 0.0338. The molecule has 0 aliphatic carbocycles. The van der Waals surface area contributed by atoms with Gasteiger partial charge >= 0.3 is 5.97 Å². The van der Waals surface area contributed by atoms with E-state index in [0.717, 1.165) is 45.3 Å². The van der Waals surface area contributed by atoms with Crippen LogP contribution in [0.3, 0.4) is 0 Å². The summed E-state index contributed by atoms with van der Waals surface area (Å²) >= 11 is 3.54. The van der Waals surface area contributed by atoms with Crippen molar-refractivity contribution in [3.63, 3.8) is 0 Å². The van der Waals surface area contributed by atoms with Gasteiger partial charge < -0.3 is 23.8 Å². The molecule has 3 heterocycles. The molecule has 2 N–H and O–H groups in total. The smallest absolute Gasteiger partial charge is 0.338 e. The molecular weight excluding hydrogens is 586 g/mol. The van der Waals surface area contributed by atoms with Crippen molar-refractivity contribution in [1.29, 1.82) is 0 Å². The van der Waals surface area contributed by atoms with Gasteiger partial charge in [0.15, 0.2) is 5.82 Å². The second-order valence-corrected chi connectivity index (χ2v) is 10.5. The number of carbonyl (C=O) groups is 1. The van der Waals surface area contributed by atoms with Gasteiger partial charge in [-0.1, -0.05) is 30.3 Å². The number of hydrogen-bond donors (Lipinski definition) is 2. The van der Waals surface area contributed by atoms with Gasteiger partial charge in [-0.05, 0) is 65.7 Å². The lowest BCUT2D eigenvalue weighted by Gasteiger charge is -2.12. The van der Waals surface area contributed by atoms with Crippen LogP contribution in [0.4, 0.5) is 0 Å². The molecule has 0 spiro atoms. The standard InChI is InChI=1S/C31H28BrN5O4/c1-19(22-17-33-34-18-22)41-31(38)21-14-24-29(28(16-21)39-2)36-30(35-24)26-15-20-8-3-5-10-25(20)37(26)12-7-13-40-27-11-6-4-9-23(27)32/h3-6,8-11,14-19H,7,12-13H2,1-2H3,(H,33,34)(H,35,36). The Balaban J connectivity index is 1.29. The highest BCUT2D eigenvalue weighted by Crippen LogP contribution is 2.33. The number of methoxy groups -OCH3 is 1. The minimum Gasteiger partial charge on any atom is -0.494 e. The Morgan fingerprint density at radius 1 is 1.07 bits per heavy atom. The van der Waals surface area contributed by atoms with E-state index in [-0.39, 0.29) is 0 Å². The number of rotatable bonds is 10. The summed E-state index contributed by atoms with van der Waals surface area (Å²) in [6, 6.07) is 21.6. The molecule has 10 heteroatoms. The first-order valence-corrected chi connectivity index (χ1v) is 14.0. The van der Waals surface area contributed by atoms with Crippen molar-refractivity contribution in [3.8, 4) is 23.0 Å². The van der Waals surface area contributed by atoms with Crippen molar-refractivity contribution in [2.75, 3.05) is 13.7 Å². The van der Waals surface area contributed by atoms with Crippen LogP contribution in [0, 0.1) is 0 Å². The molecule has 1 unspecified atom stereocenters. The molecule has 0 fully saturated rings. The van der Waals surface area contributed by atoms with Crippen LogP contribution in [0.25, 0.3) is 33.5 Å². The Hall–Kier alpha value is -4.57. The number of nitrogens with zero attached hydrogens (tertiary/aromatic N) is 3. The van der Waals surface area contributed by atoms with E-state index in [4.69, 9.17) is 19.2 Å². The number of aryl methyl sites for hydroxylation is 1. The summed E-state index contributed by atoms with van der Waals surface area (Å²) < 4.78 is 20.5. The molecule has 3 aromatic heterocycles. The minimum atomic E-state index is -0.464. The highest BCUT2D eigenvalue weighted by molar-refractivity contribution is 9.10. The molecule has 1 atom stereocenters. The van der Waals surface area contributed by atoms with Gasteiger partial charge in [0.05, 0.1) is 41.2 Å². The van der Waals surface area contributed by atoms with Crippen LogP contribution >= 0.6 is 15.9 Å². The van der Waals surface area contributed by atoms with Gasteiger partial charge in [-0.2, -0.15) is 5.10 Å². The molecule has 9 nitrogen and oxygen atoms in total. The maximum Gasteiger partial charge on any atom is 0.338 e. The highest BCUT2D eigenvalue weighted by Gasteiger charge is 2.20. The van der Waals surface area contributed by atoms with Crippen LogP contribution in [0.15, 0.2) is 83.6 Å². The van der Waals surface area contributed by atoms with E-state index in [1.807, 2.05) is 36.4 Å². The lowest BCUT2D eigenvalue weighted by Crippen LogP contribution is -2.09. The number of halogens is 1. The number of aromatic amines is 2. The summed E-state index contributed by atoms with van der Waals surface area (Å²) in [5, 5.41) is 7.78. The topological polar surface area (TPSA) is 107 Å². The zero-order chi connectivity index (χ0) is 28.3. The quantitative estimate of drug-likeness (QED) is 0.126. The maximum absolute atomic E-state index is 13.0. The number of nitrogens with one attached hydrogen (secondary N) is 2. The number of hydrogen-bond acceptors (Lipinski definition) is 6. The van der Waals surface area contributed by atoms with Gasteiger partial charge in [0.2, 0.25) is 0 Å². The molecule has 0 radical (unpaired) electrons. The summed E-state index contributed by atoms with van der Waals surface area (Å²) in [5.74, 6) is 1.52. The van der Waals surface area contributed by atoms with Gasteiger partial charge in [0.1, 0.15) is 23.1 Å². The Morgan fingerprint density at radius 3 is 2.71 bits per heavy atom. The van der Waals surface area contributed by atoms with Crippen molar-refractivity contribution >= 4 is 43.8 Å². The first-order chi connectivity index (χ1) is 20.0. The molecule has 0 saturated carbocycles. The van der Waals surface area contributed by atoms with Crippen molar-refractivity contribution in [2.24, 2.45) is 0 Å². The van der Waals surface area contributed by atoms with Gasteiger partial charge in [0.25, 0.3) is 0 Å². The second kappa shape index (κ2) is 11.5. The summed E-state index contributed by atoms with van der Waals surface area (Å²) in [6.45, 7) is 3.09. The fraction of sp³-hybridized carbons (Fsp3) is 0.194. The molecule has 41 heavy (non-hydrogen) atoms. The van der Waals surface area contributed by atoms with E-state index >= 15 is 0 Å². The fourth-order valence-corrected chi connectivity index (χ4v) is 5.27. The lowest BCUT2D eigenvalue weighted by atomic mass is 10.1. The third kappa shape index (κ3) is 5.43. The SMILES string of the molecule is COc1cc(C(=O)OC(C)c2cn[nH]c2)cc2[nH]c(-c3cc4ccccc4n3CCCOc3ccccc3Br)nc12. The fourth-order valence-electron chi connectivity index (χ4n) is 4.87. The van der Waals surface area contributed by atoms with Gasteiger partial charge in [-0.15, -0.1) is 0 Å². The molecule has 0 saturated heterocycles. The van der Waals surface area contributed by atoms with Gasteiger partial charge in [-0.3, -0.25) is 5.10 Å². The van der Waals surface area contributed by atoms with E-state index in [0.29, 0.717) is 34.8 Å². The molecule has 0 bridgehead atoms. The first kappa shape index (κ1) is 26.6. The van der Waals surface area contributed by atoms with E-state index in [2.05, 4.69) is 53.9 Å². The van der Waals surface area contributed by atoms with E-state index in [1.165, 1.54) is 0 Å². The predicted octanol–water partition coefficient (Wildman–Crippen LogP) is 7.07. The van der Waals surface area contributed by atoms with Crippen LogP contribution in [-0.4, -0.2) is 44.4 Å². The number of fused-ring (bicyclic) bond motifs is 2. The maximum atomic E-state index is 13.0. The third-order valence-corrected chi connectivity index (χ3v) is 7.61. The summed E-state index contributed by atoms with van der Waals surface area (Å²) in [7, 11) is 1.56. The molecule has 0 aliphatic heterocycles. The monoisotopic (exact) mass is 613 g/mol. The van der Waals surface area contributed by atoms with Crippen molar-refractivity contribution < 1.29 is 19.0 Å². The first-order valence-electron chi connectivity index (χ1n) is 13.2. The minimum absolute atomic E-state index is 0.365. The number of aromatic nitrogens is 5. The van der Waals surface area contributed by atoms with Crippen LogP contribution in [0.1, 0.15) is 35.4 Å². The molecule has 6 aromatic rings. The third-order valence-electron chi connectivity index (χ3n) is 6.95. The number of imidazole rings is 1. The van der Waals surface area contributed by atoms with Gasteiger partial charge in [-0.25, -0.2) is 9.78 Å². The molecule has 3 aromatic carbocycles. The second-order valence-electron chi connectivity index (χ2n) is 9.61. The zero-order valence-electron chi connectivity index (χ0n) is 22.6. The van der Waals surface area contributed by atoms with E-state index in [9.17, 15) is 4.79 Å². The van der Waals surface area contributed by atoms with Crippen LogP contribution in [-0.2, 0) is 11.3 Å². The summed E-state index contributed by atoms with van der Waals surface area (Å²) in [5.41, 5.74) is 4.50. The molecular formula is C31H28BrN5O4. The van der Waals surface area contributed by atoms with Crippen molar-refractivity contribution in [1.82, 2.24) is 24.7 Å². The zero-order valence-corrected chi connectivity index (χ0v) is 24.1. The Morgan fingerprint density at radius 2 is 1.90 bits per heavy atom. The van der Waals surface area contributed by atoms with E-state index < -0.39 is 12.1 Å². The Bertz CT molecular complexity index is 1830. The number of H-pyrrole nitrogens is 2. The Labute approximate surface area is 244 Å². The molecule has 0 aliphatic rings. The molecule has 0 amide bonds. The number of para-hydroxylation sites is 2. The summed E-state index contributed by atoms with van der Waals surface area (Å²) in [4.78, 5) is 21.3. The number of carbonyl (C=O) groups excluding carboxylic acids is 1. The largest absolute Gasteiger partial charge is 0.494 e. The van der Waals surface area contributed by atoms with E-state index in [1.54, 1.807) is 38.6 Å². The molecule has 6 rings (SSSR count). The summed E-state index contributed by atoms with van der Waals surface area (Å²) in [6.07, 6.45) is 3.67. The number of benzene rings is 3. The Kier molecular flexibility index (Phi) is 7.47. The highest BCUT2D eigenvalue weighted by atomic mass is 79.9. The average Bonchev–Trinajstić information content (AvgIpc) is 3.74. The van der Waals surface area contributed by atoms with Crippen LogP contribution in [0.2, 0.25) is 0 Å². The normalized spacial score (nSPS) is 12.1. The van der Waals surface area contributed by atoms with Gasteiger partial charge in [0, 0.05) is 29.2 Å². The van der Waals surface area contributed by atoms with Crippen molar-refractivity contribution in [3.05, 3.63) is 94.7 Å². The number of esters is 1. The number of ether oxygens (including phenoxy) is 3. The van der Waals surface area contributed by atoms with Crippen molar-refractivity contribution in [2.45, 2.75) is 26.0 Å². The molecule has 208 valence electrons. The van der Waals surface area contributed by atoms with Crippen LogP contribution in [0.5, 0.6) is 11.5 Å².